The summed E-state index contributed by atoms with van der Waals surface area (Å²) in [6.45, 7) is 0.688. The average Bonchev–Trinajstić information content (AvgIpc) is 3.08. The second-order valence-corrected chi connectivity index (χ2v) is 4.16. The van der Waals surface area contributed by atoms with Crippen molar-refractivity contribution in [2.45, 2.75) is 19.4 Å². The molecule has 0 unspecified atom stereocenters. The molecule has 1 saturated carbocycles. The van der Waals surface area contributed by atoms with E-state index in [1.54, 1.807) is 0 Å². The Morgan fingerprint density at radius 1 is 1.35 bits per heavy atom. The number of hydrogen-bond donors (Lipinski definition) is 1. The van der Waals surface area contributed by atoms with Crippen molar-refractivity contribution in [2.75, 3.05) is 13.7 Å². The number of hydrogen-bond acceptors (Lipinski definition) is 3. The largest absolute Gasteiger partial charge is 0.490 e. The topological polar surface area (TPSA) is 30.5 Å². The lowest BCUT2D eigenvalue weighted by atomic mass is 10.2. The van der Waals surface area contributed by atoms with E-state index in [0.29, 0.717) is 18.1 Å². The minimum absolute atomic E-state index is 0.114. The van der Waals surface area contributed by atoms with Crippen molar-refractivity contribution in [3.8, 4) is 5.75 Å². The van der Waals surface area contributed by atoms with Gasteiger partial charge in [0.2, 0.25) is 0 Å². The molecular formula is C12H15F2NO2. The fraction of sp³-hybridized carbons (Fsp3) is 0.500. The van der Waals surface area contributed by atoms with E-state index in [9.17, 15) is 8.78 Å². The van der Waals surface area contributed by atoms with E-state index in [2.05, 4.69) is 10.3 Å². The molecule has 0 saturated heterocycles. The van der Waals surface area contributed by atoms with Crippen molar-refractivity contribution in [1.82, 2.24) is 5.48 Å². The van der Waals surface area contributed by atoms with Crippen molar-refractivity contribution in [1.29, 1.82) is 0 Å². The third-order valence-electron chi connectivity index (χ3n) is 2.65. The third-order valence-corrected chi connectivity index (χ3v) is 2.65. The number of hydroxylamine groups is 1. The molecule has 0 amide bonds. The molecule has 1 aromatic carbocycles. The Balaban J connectivity index is 2.12. The highest BCUT2D eigenvalue weighted by atomic mass is 19.1. The Kier molecular flexibility index (Phi) is 3.91. The van der Waals surface area contributed by atoms with Gasteiger partial charge in [-0.05, 0) is 24.8 Å². The lowest BCUT2D eigenvalue weighted by Crippen LogP contribution is -2.13. The molecule has 17 heavy (non-hydrogen) atoms. The molecule has 0 spiro atoms. The molecular weight excluding hydrogens is 228 g/mol. The van der Waals surface area contributed by atoms with Gasteiger partial charge >= 0.3 is 0 Å². The number of benzene rings is 1. The van der Waals surface area contributed by atoms with E-state index < -0.39 is 11.6 Å². The molecule has 1 aliphatic rings. The number of ether oxygens (including phenoxy) is 1. The predicted octanol–water partition coefficient (Wildman–Crippen LogP) is 2.40. The van der Waals surface area contributed by atoms with E-state index in [1.165, 1.54) is 13.2 Å². The lowest BCUT2D eigenvalue weighted by Gasteiger charge is -2.12. The summed E-state index contributed by atoms with van der Waals surface area (Å²) in [5, 5.41) is 0. The molecule has 1 aromatic rings. The summed E-state index contributed by atoms with van der Waals surface area (Å²) in [4.78, 5) is 4.67. The van der Waals surface area contributed by atoms with Crippen LogP contribution >= 0.6 is 0 Å². The van der Waals surface area contributed by atoms with Gasteiger partial charge in [-0.25, -0.2) is 8.78 Å². The van der Waals surface area contributed by atoms with Gasteiger partial charge in [-0.15, -0.1) is 0 Å². The highest BCUT2D eigenvalue weighted by Gasteiger charge is 2.23. The maximum Gasteiger partial charge on any atom is 0.168 e. The molecule has 0 aromatic heterocycles. The summed E-state index contributed by atoms with van der Waals surface area (Å²) >= 11 is 0. The molecule has 0 aliphatic heterocycles. The van der Waals surface area contributed by atoms with E-state index in [0.717, 1.165) is 18.9 Å². The minimum atomic E-state index is -0.668. The Morgan fingerprint density at radius 2 is 2.12 bits per heavy atom. The first-order chi connectivity index (χ1) is 8.20. The molecule has 0 bridgehead atoms. The van der Waals surface area contributed by atoms with Gasteiger partial charge in [-0.3, -0.25) is 0 Å². The van der Waals surface area contributed by atoms with E-state index in [-0.39, 0.29) is 12.3 Å². The zero-order valence-electron chi connectivity index (χ0n) is 9.63. The fourth-order valence-corrected chi connectivity index (χ4v) is 1.54. The quantitative estimate of drug-likeness (QED) is 0.778. The summed E-state index contributed by atoms with van der Waals surface area (Å²) < 4.78 is 32.1. The van der Waals surface area contributed by atoms with Crippen LogP contribution in [0.2, 0.25) is 0 Å². The molecule has 0 radical (unpaired) electrons. The smallest absolute Gasteiger partial charge is 0.168 e. The van der Waals surface area contributed by atoms with Crippen LogP contribution in [0.15, 0.2) is 12.1 Å². The minimum Gasteiger partial charge on any atom is -0.490 e. The highest BCUT2D eigenvalue weighted by molar-refractivity contribution is 5.35. The van der Waals surface area contributed by atoms with E-state index >= 15 is 0 Å². The van der Waals surface area contributed by atoms with Gasteiger partial charge in [0.05, 0.1) is 13.7 Å². The number of rotatable bonds is 6. The van der Waals surface area contributed by atoms with Crippen LogP contribution in [-0.4, -0.2) is 13.7 Å². The van der Waals surface area contributed by atoms with Crippen LogP contribution in [-0.2, 0) is 11.4 Å². The molecule has 5 heteroatoms. The molecule has 1 fully saturated rings. The van der Waals surface area contributed by atoms with Crippen LogP contribution in [0.4, 0.5) is 8.78 Å². The van der Waals surface area contributed by atoms with Crippen molar-refractivity contribution < 1.29 is 18.4 Å². The first-order valence-electron chi connectivity index (χ1n) is 5.57. The Bertz CT molecular complexity index is 394. The van der Waals surface area contributed by atoms with Gasteiger partial charge in [-0.1, -0.05) is 0 Å². The van der Waals surface area contributed by atoms with Crippen LogP contribution in [0.5, 0.6) is 5.75 Å². The summed E-state index contributed by atoms with van der Waals surface area (Å²) in [7, 11) is 1.44. The monoisotopic (exact) mass is 243 g/mol. The molecule has 2 rings (SSSR count). The Labute approximate surface area is 98.7 Å². The van der Waals surface area contributed by atoms with Crippen molar-refractivity contribution in [3.05, 3.63) is 29.3 Å². The molecule has 1 aliphatic carbocycles. The second kappa shape index (κ2) is 5.42. The van der Waals surface area contributed by atoms with Gasteiger partial charge in [0.15, 0.2) is 11.6 Å². The first-order valence-corrected chi connectivity index (χ1v) is 5.57. The third kappa shape index (κ3) is 3.38. The molecule has 1 N–H and O–H groups in total. The highest BCUT2D eigenvalue weighted by Crippen LogP contribution is 2.31. The van der Waals surface area contributed by atoms with Crippen molar-refractivity contribution in [3.63, 3.8) is 0 Å². The first kappa shape index (κ1) is 12.3. The SMILES string of the molecule is CONCc1cc(F)cc(F)c1OCC1CC1. The zero-order chi connectivity index (χ0) is 12.3. The van der Waals surface area contributed by atoms with Gasteiger partial charge in [0, 0.05) is 18.2 Å². The van der Waals surface area contributed by atoms with Crippen LogP contribution in [0.1, 0.15) is 18.4 Å². The van der Waals surface area contributed by atoms with Crippen molar-refractivity contribution in [2.24, 2.45) is 5.92 Å². The maximum atomic E-state index is 13.6. The van der Waals surface area contributed by atoms with Crippen molar-refractivity contribution >= 4 is 0 Å². The maximum absolute atomic E-state index is 13.6. The Morgan fingerprint density at radius 3 is 2.76 bits per heavy atom. The molecule has 3 nitrogen and oxygen atoms in total. The standard InChI is InChI=1S/C12H15F2NO2/c1-16-15-6-9-4-10(13)5-11(14)12(9)17-7-8-2-3-8/h4-5,8,15H,2-3,6-7H2,1H3. The van der Waals surface area contributed by atoms with E-state index in [4.69, 9.17) is 4.74 Å². The van der Waals surface area contributed by atoms with Gasteiger partial charge in [-0.2, -0.15) is 5.48 Å². The van der Waals surface area contributed by atoms with Crippen LogP contribution < -0.4 is 10.2 Å². The average molecular weight is 243 g/mol. The van der Waals surface area contributed by atoms with Crippen LogP contribution in [0, 0.1) is 17.6 Å². The summed E-state index contributed by atoms with van der Waals surface area (Å²) in [5.74, 6) is -0.654. The summed E-state index contributed by atoms with van der Waals surface area (Å²) in [6.07, 6.45) is 2.24. The van der Waals surface area contributed by atoms with Gasteiger partial charge in [0.25, 0.3) is 0 Å². The summed E-state index contributed by atoms with van der Waals surface area (Å²) in [6, 6.07) is 2.08. The van der Waals surface area contributed by atoms with E-state index in [1.807, 2.05) is 0 Å². The zero-order valence-corrected chi connectivity index (χ0v) is 9.63. The van der Waals surface area contributed by atoms with Crippen LogP contribution in [0.3, 0.4) is 0 Å². The molecule has 94 valence electrons. The molecule has 0 heterocycles. The fourth-order valence-electron chi connectivity index (χ4n) is 1.54. The summed E-state index contributed by atoms with van der Waals surface area (Å²) in [5.41, 5.74) is 2.97. The number of nitrogens with one attached hydrogen (secondary N) is 1. The lowest BCUT2D eigenvalue weighted by molar-refractivity contribution is 0.0856. The Hall–Kier alpha value is -1.20. The normalized spacial score (nSPS) is 15.0. The van der Waals surface area contributed by atoms with Gasteiger partial charge in [0.1, 0.15) is 5.82 Å². The number of halogens is 2. The second-order valence-electron chi connectivity index (χ2n) is 4.16. The molecule has 0 atom stereocenters. The van der Waals surface area contributed by atoms with Gasteiger partial charge < -0.3 is 9.57 Å². The predicted molar refractivity (Wildman–Crippen MR) is 58.4 cm³/mol. The van der Waals surface area contributed by atoms with Crippen LogP contribution in [0.25, 0.3) is 0 Å².